The lowest BCUT2D eigenvalue weighted by atomic mass is 10.3. The number of imidazole rings is 1. The fourth-order valence-corrected chi connectivity index (χ4v) is 2.71. The maximum absolute atomic E-state index is 5.59. The van der Waals surface area contributed by atoms with Crippen molar-refractivity contribution in [1.29, 1.82) is 0 Å². The van der Waals surface area contributed by atoms with E-state index in [9.17, 15) is 0 Å². The van der Waals surface area contributed by atoms with Crippen LogP contribution in [0.2, 0.25) is 0 Å². The van der Waals surface area contributed by atoms with E-state index in [4.69, 9.17) is 5.73 Å². The molecule has 2 aromatic rings. The van der Waals surface area contributed by atoms with Gasteiger partial charge in [-0.15, -0.1) is 0 Å². The van der Waals surface area contributed by atoms with E-state index in [1.807, 2.05) is 0 Å². The Kier molecular flexibility index (Phi) is 4.08. The molecule has 0 amide bonds. The van der Waals surface area contributed by atoms with Crippen LogP contribution in [-0.2, 0) is 0 Å². The standard InChI is InChI=1S/C13H21N7/c14-3-1-4-19-5-2-6-20(8-7-19)13-11-12(16-9-15-11)17-10-18-13/h9-10H,1-8,14H2,(H,15,16,17,18). The monoisotopic (exact) mass is 275 g/mol. The lowest BCUT2D eigenvalue weighted by molar-refractivity contribution is 0.291. The Hall–Kier alpha value is -1.73. The predicted molar refractivity (Wildman–Crippen MR) is 78.6 cm³/mol. The second kappa shape index (κ2) is 6.15. The Morgan fingerprint density at radius 2 is 2.10 bits per heavy atom. The summed E-state index contributed by atoms with van der Waals surface area (Å²) in [5.74, 6) is 0.966. The van der Waals surface area contributed by atoms with Crippen LogP contribution in [0.4, 0.5) is 5.82 Å². The van der Waals surface area contributed by atoms with Crippen LogP contribution in [0.25, 0.3) is 11.2 Å². The van der Waals surface area contributed by atoms with Gasteiger partial charge in [-0.05, 0) is 32.5 Å². The molecule has 0 aromatic carbocycles. The zero-order valence-electron chi connectivity index (χ0n) is 11.6. The van der Waals surface area contributed by atoms with Crippen molar-refractivity contribution in [2.45, 2.75) is 12.8 Å². The first-order valence-electron chi connectivity index (χ1n) is 7.20. The highest BCUT2D eigenvalue weighted by Crippen LogP contribution is 2.20. The number of hydrogen-bond acceptors (Lipinski definition) is 6. The van der Waals surface area contributed by atoms with Crippen molar-refractivity contribution in [2.75, 3.05) is 44.2 Å². The SMILES string of the molecule is NCCCN1CCCN(c2ncnc3nc[nH]c23)CC1. The lowest BCUT2D eigenvalue weighted by Gasteiger charge is -2.22. The van der Waals surface area contributed by atoms with E-state index in [1.54, 1.807) is 12.7 Å². The molecule has 0 unspecified atom stereocenters. The highest BCUT2D eigenvalue weighted by Gasteiger charge is 2.18. The van der Waals surface area contributed by atoms with E-state index in [0.29, 0.717) is 0 Å². The average molecular weight is 275 g/mol. The predicted octanol–water partition coefficient (Wildman–Crippen LogP) is 0.214. The minimum atomic E-state index is 0.735. The first kappa shape index (κ1) is 13.3. The normalized spacial score (nSPS) is 17.6. The van der Waals surface area contributed by atoms with Gasteiger partial charge in [0.15, 0.2) is 11.5 Å². The summed E-state index contributed by atoms with van der Waals surface area (Å²) in [6.45, 7) is 6.04. The third-order valence-corrected chi connectivity index (χ3v) is 3.77. The van der Waals surface area contributed by atoms with Gasteiger partial charge in [-0.2, -0.15) is 0 Å². The molecule has 1 aliphatic heterocycles. The summed E-state index contributed by atoms with van der Waals surface area (Å²) >= 11 is 0. The largest absolute Gasteiger partial charge is 0.353 e. The number of H-pyrrole nitrogens is 1. The highest BCUT2D eigenvalue weighted by molar-refractivity contribution is 5.82. The molecule has 1 saturated heterocycles. The van der Waals surface area contributed by atoms with Crippen LogP contribution >= 0.6 is 0 Å². The van der Waals surface area contributed by atoms with Crippen LogP contribution in [0.15, 0.2) is 12.7 Å². The van der Waals surface area contributed by atoms with Gasteiger partial charge in [0.25, 0.3) is 0 Å². The second-order valence-electron chi connectivity index (χ2n) is 5.12. The Morgan fingerprint density at radius 3 is 3.00 bits per heavy atom. The van der Waals surface area contributed by atoms with Crippen LogP contribution in [-0.4, -0.2) is 64.1 Å². The first-order chi connectivity index (χ1) is 9.88. The minimum Gasteiger partial charge on any atom is -0.353 e. The van der Waals surface area contributed by atoms with Gasteiger partial charge in [-0.3, -0.25) is 0 Å². The van der Waals surface area contributed by atoms with Gasteiger partial charge < -0.3 is 20.5 Å². The summed E-state index contributed by atoms with van der Waals surface area (Å²) in [7, 11) is 0. The van der Waals surface area contributed by atoms with Gasteiger partial charge in [-0.1, -0.05) is 0 Å². The van der Waals surface area contributed by atoms with Gasteiger partial charge in [0, 0.05) is 19.6 Å². The van der Waals surface area contributed by atoms with Crippen molar-refractivity contribution < 1.29 is 0 Å². The minimum absolute atomic E-state index is 0.735. The molecule has 7 nitrogen and oxygen atoms in total. The molecule has 7 heteroatoms. The number of anilines is 1. The molecular weight excluding hydrogens is 254 g/mol. The Labute approximate surface area is 118 Å². The van der Waals surface area contributed by atoms with Crippen LogP contribution < -0.4 is 10.6 Å². The number of nitrogens with two attached hydrogens (primary N) is 1. The fraction of sp³-hybridized carbons (Fsp3) is 0.615. The molecule has 1 fully saturated rings. The number of aromatic amines is 1. The maximum Gasteiger partial charge on any atom is 0.182 e. The number of hydrogen-bond donors (Lipinski definition) is 2. The summed E-state index contributed by atoms with van der Waals surface area (Å²) in [5.41, 5.74) is 7.26. The van der Waals surface area contributed by atoms with Gasteiger partial charge in [0.05, 0.1) is 6.33 Å². The molecule has 0 bridgehead atoms. The molecule has 3 rings (SSSR count). The van der Waals surface area contributed by atoms with Crippen molar-refractivity contribution in [2.24, 2.45) is 5.73 Å². The van der Waals surface area contributed by atoms with Crippen molar-refractivity contribution in [3.05, 3.63) is 12.7 Å². The van der Waals surface area contributed by atoms with E-state index in [-0.39, 0.29) is 0 Å². The van der Waals surface area contributed by atoms with Gasteiger partial charge in [-0.25, -0.2) is 15.0 Å². The molecule has 2 aromatic heterocycles. The molecular formula is C13H21N7. The zero-order chi connectivity index (χ0) is 13.8. The van der Waals surface area contributed by atoms with Crippen LogP contribution in [0.1, 0.15) is 12.8 Å². The highest BCUT2D eigenvalue weighted by atomic mass is 15.3. The molecule has 3 N–H and O–H groups in total. The Bertz CT molecular complexity index is 552. The third kappa shape index (κ3) is 2.73. The summed E-state index contributed by atoms with van der Waals surface area (Å²) in [4.78, 5) is 20.8. The molecule has 0 radical (unpaired) electrons. The van der Waals surface area contributed by atoms with Crippen molar-refractivity contribution >= 4 is 17.0 Å². The quantitative estimate of drug-likeness (QED) is 0.829. The molecule has 20 heavy (non-hydrogen) atoms. The van der Waals surface area contributed by atoms with Crippen molar-refractivity contribution in [3.63, 3.8) is 0 Å². The smallest absolute Gasteiger partial charge is 0.182 e. The van der Waals surface area contributed by atoms with Gasteiger partial charge in [0.2, 0.25) is 0 Å². The number of nitrogens with one attached hydrogen (secondary N) is 1. The molecule has 3 heterocycles. The summed E-state index contributed by atoms with van der Waals surface area (Å²) in [6.07, 6.45) is 5.48. The fourth-order valence-electron chi connectivity index (χ4n) is 2.71. The number of fused-ring (bicyclic) bond motifs is 1. The van der Waals surface area contributed by atoms with E-state index in [1.165, 1.54) is 0 Å². The van der Waals surface area contributed by atoms with Crippen LogP contribution in [0, 0.1) is 0 Å². The average Bonchev–Trinajstić information content (AvgIpc) is 2.83. The molecule has 0 atom stereocenters. The topological polar surface area (TPSA) is 87.0 Å². The second-order valence-corrected chi connectivity index (χ2v) is 5.12. The number of nitrogens with zero attached hydrogens (tertiary/aromatic N) is 5. The molecule has 0 aliphatic carbocycles. The summed E-state index contributed by atoms with van der Waals surface area (Å²) in [6, 6.07) is 0. The molecule has 108 valence electrons. The van der Waals surface area contributed by atoms with Gasteiger partial charge >= 0.3 is 0 Å². The van der Waals surface area contributed by atoms with E-state index < -0.39 is 0 Å². The lowest BCUT2D eigenvalue weighted by Crippen LogP contribution is -2.32. The number of rotatable bonds is 4. The Morgan fingerprint density at radius 1 is 1.15 bits per heavy atom. The van der Waals surface area contributed by atoms with E-state index in [0.717, 1.165) is 69.1 Å². The van der Waals surface area contributed by atoms with Crippen molar-refractivity contribution in [3.8, 4) is 0 Å². The third-order valence-electron chi connectivity index (χ3n) is 3.77. The van der Waals surface area contributed by atoms with E-state index in [2.05, 4.69) is 29.7 Å². The van der Waals surface area contributed by atoms with Crippen LogP contribution in [0.5, 0.6) is 0 Å². The molecule has 1 aliphatic rings. The zero-order valence-corrected chi connectivity index (χ0v) is 11.6. The summed E-state index contributed by atoms with van der Waals surface area (Å²) < 4.78 is 0. The van der Waals surface area contributed by atoms with Crippen molar-refractivity contribution in [1.82, 2.24) is 24.8 Å². The number of aromatic nitrogens is 4. The summed E-state index contributed by atoms with van der Waals surface area (Å²) in [5, 5.41) is 0. The first-order valence-corrected chi connectivity index (χ1v) is 7.20. The molecule has 0 spiro atoms. The Balaban J connectivity index is 1.73. The maximum atomic E-state index is 5.59. The molecule has 0 saturated carbocycles. The van der Waals surface area contributed by atoms with Gasteiger partial charge in [0.1, 0.15) is 11.8 Å². The van der Waals surface area contributed by atoms with E-state index >= 15 is 0 Å². The van der Waals surface area contributed by atoms with Crippen LogP contribution in [0.3, 0.4) is 0 Å².